The average Bonchev–Trinajstić information content (AvgIpc) is 2.31. The van der Waals surface area contributed by atoms with Crippen molar-refractivity contribution < 1.29 is 14.7 Å². The maximum atomic E-state index is 11.3. The van der Waals surface area contributed by atoms with Crippen molar-refractivity contribution in [2.75, 3.05) is 6.54 Å². The Morgan fingerprint density at radius 2 is 1.89 bits per heavy atom. The maximum Gasteiger partial charge on any atom is 0.303 e. The van der Waals surface area contributed by atoms with Gasteiger partial charge in [-0.1, -0.05) is 18.2 Å². The van der Waals surface area contributed by atoms with Crippen LogP contribution in [0.1, 0.15) is 29.5 Å². The predicted molar refractivity (Wildman–Crippen MR) is 69.5 cm³/mol. The molecular weight excluding hydrogens is 230 g/mol. The molecule has 18 heavy (non-hydrogen) atoms. The van der Waals surface area contributed by atoms with E-state index in [-0.39, 0.29) is 18.7 Å². The van der Waals surface area contributed by atoms with E-state index in [9.17, 15) is 9.59 Å². The topological polar surface area (TPSA) is 66.4 Å². The molecule has 0 saturated heterocycles. The van der Waals surface area contributed by atoms with Gasteiger partial charge in [-0.25, -0.2) is 0 Å². The Balaban J connectivity index is 2.30. The van der Waals surface area contributed by atoms with E-state index in [1.807, 2.05) is 6.07 Å². The lowest BCUT2D eigenvalue weighted by Gasteiger charge is -2.06. The molecule has 0 aliphatic heterocycles. The Morgan fingerprint density at radius 3 is 2.50 bits per heavy atom. The lowest BCUT2D eigenvalue weighted by atomic mass is 10.0. The van der Waals surface area contributed by atoms with Crippen LogP contribution in [0.5, 0.6) is 0 Å². The standard InChI is InChI=1S/C14H19NO3/c1-10-3-4-12(9-11(10)2)7-8-15-13(16)5-6-14(17)18/h3-4,9H,5-8H2,1-2H3,(H,15,16)(H,17,18). The second-order valence-corrected chi connectivity index (χ2v) is 4.41. The Labute approximate surface area is 107 Å². The van der Waals surface area contributed by atoms with Crippen LogP contribution in [0.2, 0.25) is 0 Å². The lowest BCUT2D eigenvalue weighted by Crippen LogP contribution is -2.26. The van der Waals surface area contributed by atoms with E-state index in [4.69, 9.17) is 5.11 Å². The molecule has 0 saturated carbocycles. The summed E-state index contributed by atoms with van der Waals surface area (Å²) in [6.45, 7) is 4.66. The van der Waals surface area contributed by atoms with Gasteiger partial charge in [0.25, 0.3) is 0 Å². The summed E-state index contributed by atoms with van der Waals surface area (Å²) < 4.78 is 0. The van der Waals surface area contributed by atoms with Crippen molar-refractivity contribution in [3.63, 3.8) is 0 Å². The van der Waals surface area contributed by atoms with Crippen molar-refractivity contribution in [1.29, 1.82) is 0 Å². The highest BCUT2D eigenvalue weighted by molar-refractivity contribution is 5.80. The fraction of sp³-hybridized carbons (Fsp3) is 0.429. The molecule has 0 fully saturated rings. The van der Waals surface area contributed by atoms with Crippen molar-refractivity contribution >= 4 is 11.9 Å². The van der Waals surface area contributed by atoms with Crippen molar-refractivity contribution in [3.05, 3.63) is 34.9 Å². The van der Waals surface area contributed by atoms with Gasteiger partial charge in [-0.15, -0.1) is 0 Å². The van der Waals surface area contributed by atoms with E-state index in [0.29, 0.717) is 6.54 Å². The number of hydrogen-bond donors (Lipinski definition) is 2. The second kappa shape index (κ2) is 6.79. The van der Waals surface area contributed by atoms with Gasteiger partial charge in [0.05, 0.1) is 6.42 Å². The van der Waals surface area contributed by atoms with Gasteiger partial charge >= 0.3 is 5.97 Å². The zero-order valence-electron chi connectivity index (χ0n) is 10.8. The van der Waals surface area contributed by atoms with E-state index < -0.39 is 5.97 Å². The molecule has 98 valence electrons. The number of amides is 1. The van der Waals surface area contributed by atoms with Crippen LogP contribution < -0.4 is 5.32 Å². The monoisotopic (exact) mass is 249 g/mol. The number of hydrogen-bond acceptors (Lipinski definition) is 2. The number of aliphatic carboxylic acids is 1. The Kier molecular flexibility index (Phi) is 5.36. The van der Waals surface area contributed by atoms with Crippen LogP contribution in [0, 0.1) is 13.8 Å². The molecule has 4 nitrogen and oxygen atoms in total. The van der Waals surface area contributed by atoms with Crippen LogP contribution in [0.4, 0.5) is 0 Å². The third kappa shape index (κ3) is 4.99. The summed E-state index contributed by atoms with van der Waals surface area (Å²) in [6, 6.07) is 6.22. The van der Waals surface area contributed by atoms with Gasteiger partial charge in [0.2, 0.25) is 5.91 Å². The minimum Gasteiger partial charge on any atom is -0.481 e. The van der Waals surface area contributed by atoms with Crippen LogP contribution in [0.3, 0.4) is 0 Å². The van der Waals surface area contributed by atoms with E-state index in [0.717, 1.165) is 6.42 Å². The number of rotatable bonds is 6. The Hall–Kier alpha value is -1.84. The minimum absolute atomic E-state index is 0.0439. The first-order valence-electron chi connectivity index (χ1n) is 6.03. The molecule has 0 atom stereocenters. The minimum atomic E-state index is -0.945. The molecule has 0 unspecified atom stereocenters. The quantitative estimate of drug-likeness (QED) is 0.808. The third-order valence-electron chi connectivity index (χ3n) is 2.87. The van der Waals surface area contributed by atoms with Crippen molar-refractivity contribution in [2.45, 2.75) is 33.1 Å². The Bertz CT molecular complexity index is 441. The molecular formula is C14H19NO3. The smallest absolute Gasteiger partial charge is 0.303 e. The molecule has 2 N–H and O–H groups in total. The largest absolute Gasteiger partial charge is 0.481 e. The molecule has 0 heterocycles. The summed E-state index contributed by atoms with van der Waals surface area (Å²) in [7, 11) is 0. The van der Waals surface area contributed by atoms with E-state index in [1.165, 1.54) is 16.7 Å². The highest BCUT2D eigenvalue weighted by atomic mass is 16.4. The normalized spacial score (nSPS) is 10.1. The average molecular weight is 249 g/mol. The summed E-state index contributed by atoms with van der Waals surface area (Å²) in [4.78, 5) is 21.6. The molecule has 0 aliphatic rings. The van der Waals surface area contributed by atoms with E-state index >= 15 is 0 Å². The van der Waals surface area contributed by atoms with E-state index in [2.05, 4.69) is 31.3 Å². The highest BCUT2D eigenvalue weighted by Crippen LogP contribution is 2.09. The summed E-state index contributed by atoms with van der Waals surface area (Å²) in [5, 5.41) is 11.2. The van der Waals surface area contributed by atoms with Crippen molar-refractivity contribution in [3.8, 4) is 0 Å². The summed E-state index contributed by atoms with van der Waals surface area (Å²) >= 11 is 0. The first kappa shape index (κ1) is 14.2. The number of carbonyl (C=O) groups is 2. The fourth-order valence-electron chi connectivity index (χ4n) is 1.61. The summed E-state index contributed by atoms with van der Waals surface area (Å²) in [6.07, 6.45) is 0.692. The van der Waals surface area contributed by atoms with Gasteiger partial charge < -0.3 is 10.4 Å². The molecule has 4 heteroatoms. The van der Waals surface area contributed by atoms with Gasteiger partial charge in [-0.05, 0) is 37.0 Å². The zero-order chi connectivity index (χ0) is 13.5. The molecule has 0 aliphatic carbocycles. The lowest BCUT2D eigenvalue weighted by molar-refractivity contribution is -0.138. The van der Waals surface area contributed by atoms with Crippen LogP contribution in [-0.4, -0.2) is 23.5 Å². The molecule has 0 spiro atoms. The third-order valence-corrected chi connectivity index (χ3v) is 2.87. The number of carbonyl (C=O) groups excluding carboxylic acids is 1. The first-order valence-corrected chi connectivity index (χ1v) is 6.03. The Morgan fingerprint density at radius 1 is 1.17 bits per heavy atom. The van der Waals surface area contributed by atoms with E-state index in [1.54, 1.807) is 0 Å². The molecule has 0 bridgehead atoms. The molecule has 1 amide bonds. The van der Waals surface area contributed by atoms with Crippen LogP contribution in [-0.2, 0) is 16.0 Å². The van der Waals surface area contributed by atoms with Gasteiger partial charge in [-0.2, -0.15) is 0 Å². The fourth-order valence-corrected chi connectivity index (χ4v) is 1.61. The van der Waals surface area contributed by atoms with Gasteiger partial charge in [0.15, 0.2) is 0 Å². The molecule has 1 aromatic rings. The first-order chi connectivity index (χ1) is 8.49. The zero-order valence-corrected chi connectivity index (χ0v) is 10.8. The molecule has 1 aromatic carbocycles. The predicted octanol–water partition coefficient (Wildman–Crippen LogP) is 1.83. The molecule has 1 rings (SSSR count). The van der Waals surface area contributed by atoms with Gasteiger partial charge in [0.1, 0.15) is 0 Å². The number of nitrogens with one attached hydrogen (secondary N) is 1. The SMILES string of the molecule is Cc1ccc(CCNC(=O)CCC(=O)O)cc1C. The highest BCUT2D eigenvalue weighted by Gasteiger charge is 2.04. The second-order valence-electron chi connectivity index (χ2n) is 4.41. The maximum absolute atomic E-state index is 11.3. The van der Waals surface area contributed by atoms with Crippen molar-refractivity contribution in [1.82, 2.24) is 5.32 Å². The summed E-state index contributed by atoms with van der Waals surface area (Å²) in [5.74, 6) is -1.15. The van der Waals surface area contributed by atoms with Gasteiger partial charge in [-0.3, -0.25) is 9.59 Å². The molecule has 0 aromatic heterocycles. The van der Waals surface area contributed by atoms with Crippen LogP contribution in [0.25, 0.3) is 0 Å². The number of carboxylic acids is 1. The number of aryl methyl sites for hydroxylation is 2. The van der Waals surface area contributed by atoms with Gasteiger partial charge in [0, 0.05) is 13.0 Å². The number of benzene rings is 1. The van der Waals surface area contributed by atoms with Crippen LogP contribution >= 0.6 is 0 Å². The summed E-state index contributed by atoms with van der Waals surface area (Å²) in [5.41, 5.74) is 3.67. The van der Waals surface area contributed by atoms with Crippen LogP contribution in [0.15, 0.2) is 18.2 Å². The number of carboxylic acid groups (broad SMARTS) is 1. The molecule has 0 radical (unpaired) electrons. The van der Waals surface area contributed by atoms with Crippen molar-refractivity contribution in [2.24, 2.45) is 0 Å².